The molecule has 0 saturated carbocycles. The topological polar surface area (TPSA) is 59.9 Å². The number of nitrogens with zero attached hydrogens (tertiary/aromatic N) is 1. The summed E-state index contributed by atoms with van der Waals surface area (Å²) >= 11 is 13.6. The number of aliphatic imine (C=N–C) groups is 1. The Kier molecular flexibility index (Phi) is 7.33. The summed E-state index contributed by atoms with van der Waals surface area (Å²) in [5.74, 6) is 2.98. The third-order valence-electron chi connectivity index (χ3n) is 3.97. The SMILES string of the molecule is C#CCOc1c(Cl)cc(/C=C2\SC(=Nc3cc(Cl)ccc3C)NC2=O)cc1OCC. The maximum atomic E-state index is 12.4. The number of aryl methyl sites for hydroxylation is 1. The molecule has 1 aliphatic rings. The Balaban J connectivity index is 1.89. The number of benzene rings is 2. The molecule has 1 N–H and O–H groups in total. The van der Waals surface area contributed by atoms with E-state index in [0.717, 1.165) is 5.56 Å². The zero-order valence-corrected chi connectivity index (χ0v) is 18.6. The molecule has 0 aromatic heterocycles. The molecular formula is C22H18Cl2N2O3S. The molecule has 0 atom stereocenters. The van der Waals surface area contributed by atoms with Gasteiger partial charge in [-0.2, -0.15) is 0 Å². The number of carbonyl (C=O) groups excluding carboxylic acids is 1. The molecule has 2 aromatic carbocycles. The number of thioether (sulfide) groups is 1. The van der Waals surface area contributed by atoms with Crippen LogP contribution in [0.3, 0.4) is 0 Å². The molecule has 1 heterocycles. The van der Waals surface area contributed by atoms with Gasteiger partial charge in [-0.3, -0.25) is 4.79 Å². The average Bonchev–Trinajstić information content (AvgIpc) is 3.03. The van der Waals surface area contributed by atoms with E-state index in [1.165, 1.54) is 11.8 Å². The smallest absolute Gasteiger partial charge is 0.264 e. The second kappa shape index (κ2) is 9.94. The van der Waals surface area contributed by atoms with Crippen molar-refractivity contribution in [1.82, 2.24) is 5.32 Å². The molecule has 2 aromatic rings. The number of rotatable bonds is 6. The van der Waals surface area contributed by atoms with Gasteiger partial charge in [-0.05, 0) is 67.1 Å². The predicted molar refractivity (Wildman–Crippen MR) is 124 cm³/mol. The van der Waals surface area contributed by atoms with Crippen molar-refractivity contribution < 1.29 is 14.3 Å². The van der Waals surface area contributed by atoms with E-state index in [4.69, 9.17) is 39.1 Å². The van der Waals surface area contributed by atoms with E-state index in [0.29, 0.717) is 49.5 Å². The van der Waals surface area contributed by atoms with Gasteiger partial charge in [0.25, 0.3) is 5.91 Å². The van der Waals surface area contributed by atoms with Gasteiger partial charge >= 0.3 is 0 Å². The van der Waals surface area contributed by atoms with Gasteiger partial charge in [-0.1, -0.05) is 35.2 Å². The van der Waals surface area contributed by atoms with Crippen LogP contribution in [0.15, 0.2) is 40.2 Å². The van der Waals surface area contributed by atoms with Crippen molar-refractivity contribution in [2.75, 3.05) is 13.2 Å². The number of hydrogen-bond donors (Lipinski definition) is 1. The zero-order chi connectivity index (χ0) is 21.7. The minimum atomic E-state index is -0.250. The van der Waals surface area contributed by atoms with Crippen molar-refractivity contribution in [3.8, 4) is 23.8 Å². The predicted octanol–water partition coefficient (Wildman–Crippen LogP) is 5.60. The molecular weight excluding hydrogens is 443 g/mol. The quantitative estimate of drug-likeness (QED) is 0.449. The van der Waals surface area contributed by atoms with Gasteiger partial charge in [0.1, 0.15) is 6.61 Å². The van der Waals surface area contributed by atoms with Gasteiger partial charge < -0.3 is 14.8 Å². The van der Waals surface area contributed by atoms with Crippen LogP contribution >= 0.6 is 35.0 Å². The van der Waals surface area contributed by atoms with Gasteiger partial charge in [-0.25, -0.2) is 4.99 Å². The van der Waals surface area contributed by atoms with Crippen LogP contribution in [0.25, 0.3) is 6.08 Å². The van der Waals surface area contributed by atoms with Crippen molar-refractivity contribution >= 4 is 57.8 Å². The number of ether oxygens (including phenoxy) is 2. The van der Waals surface area contributed by atoms with Gasteiger partial charge in [0.2, 0.25) is 0 Å². The summed E-state index contributed by atoms with van der Waals surface area (Å²) in [6, 6.07) is 8.86. The highest BCUT2D eigenvalue weighted by Crippen LogP contribution is 2.38. The van der Waals surface area contributed by atoms with Crippen molar-refractivity contribution in [1.29, 1.82) is 0 Å². The highest BCUT2D eigenvalue weighted by Gasteiger charge is 2.24. The molecule has 0 unspecified atom stereocenters. The van der Waals surface area contributed by atoms with Crippen molar-refractivity contribution in [3.05, 3.63) is 56.4 Å². The first kappa shape index (κ1) is 22.1. The highest BCUT2D eigenvalue weighted by atomic mass is 35.5. The Bertz CT molecular complexity index is 1090. The Morgan fingerprint density at radius 2 is 2.07 bits per heavy atom. The van der Waals surface area contributed by atoms with Crippen LogP contribution in [0, 0.1) is 19.3 Å². The lowest BCUT2D eigenvalue weighted by molar-refractivity contribution is -0.115. The summed E-state index contributed by atoms with van der Waals surface area (Å²) in [5, 5.41) is 4.16. The van der Waals surface area contributed by atoms with Gasteiger partial charge in [0.15, 0.2) is 16.7 Å². The van der Waals surface area contributed by atoms with E-state index in [-0.39, 0.29) is 12.5 Å². The summed E-state index contributed by atoms with van der Waals surface area (Å²) in [7, 11) is 0. The molecule has 0 radical (unpaired) electrons. The molecule has 154 valence electrons. The molecule has 1 amide bonds. The minimum absolute atomic E-state index is 0.0707. The number of amides is 1. The Morgan fingerprint density at radius 3 is 2.80 bits per heavy atom. The van der Waals surface area contributed by atoms with E-state index in [1.54, 1.807) is 30.3 Å². The zero-order valence-electron chi connectivity index (χ0n) is 16.3. The standard InChI is InChI=1S/C22H18Cl2N2O3S/c1-4-8-29-20-16(24)9-14(10-18(20)28-5-2)11-19-21(27)26-22(30-19)25-17-12-15(23)7-6-13(17)3/h1,6-7,9-12H,5,8H2,2-3H3,(H,25,26,27)/b19-11-. The molecule has 0 aliphatic carbocycles. The number of terminal acetylenes is 1. The fourth-order valence-corrected chi connectivity index (χ4v) is 3.91. The van der Waals surface area contributed by atoms with E-state index in [9.17, 15) is 4.79 Å². The first-order valence-corrected chi connectivity index (χ1v) is 10.6. The summed E-state index contributed by atoms with van der Waals surface area (Å²) in [6.07, 6.45) is 6.97. The highest BCUT2D eigenvalue weighted by molar-refractivity contribution is 8.18. The van der Waals surface area contributed by atoms with Crippen LogP contribution in [-0.2, 0) is 4.79 Å². The van der Waals surface area contributed by atoms with E-state index < -0.39 is 0 Å². The van der Waals surface area contributed by atoms with Crippen LogP contribution in [0.1, 0.15) is 18.1 Å². The number of amidine groups is 1. The van der Waals surface area contributed by atoms with Crippen LogP contribution in [-0.4, -0.2) is 24.3 Å². The lowest BCUT2D eigenvalue weighted by atomic mass is 10.2. The van der Waals surface area contributed by atoms with Gasteiger partial charge in [-0.15, -0.1) is 6.42 Å². The Morgan fingerprint density at radius 1 is 1.27 bits per heavy atom. The molecule has 3 rings (SSSR count). The minimum Gasteiger partial charge on any atom is -0.490 e. The van der Waals surface area contributed by atoms with Gasteiger partial charge in [0, 0.05) is 5.02 Å². The number of nitrogens with one attached hydrogen (secondary N) is 1. The summed E-state index contributed by atoms with van der Waals surface area (Å²) in [4.78, 5) is 17.4. The Hall–Kier alpha value is -2.59. The van der Waals surface area contributed by atoms with E-state index >= 15 is 0 Å². The number of hydrogen-bond acceptors (Lipinski definition) is 5. The molecule has 0 spiro atoms. The summed E-state index contributed by atoms with van der Waals surface area (Å²) < 4.78 is 11.1. The van der Waals surface area contributed by atoms with Crippen molar-refractivity contribution in [3.63, 3.8) is 0 Å². The summed E-state index contributed by atoms with van der Waals surface area (Å²) in [5.41, 5.74) is 2.34. The molecule has 1 saturated heterocycles. The van der Waals surface area contributed by atoms with Crippen molar-refractivity contribution in [2.24, 2.45) is 4.99 Å². The number of halogens is 2. The lowest BCUT2D eigenvalue weighted by Gasteiger charge is -2.13. The van der Waals surface area contributed by atoms with Crippen LogP contribution in [0.2, 0.25) is 10.0 Å². The third kappa shape index (κ3) is 5.31. The molecule has 30 heavy (non-hydrogen) atoms. The maximum Gasteiger partial charge on any atom is 0.264 e. The number of carbonyl (C=O) groups is 1. The monoisotopic (exact) mass is 460 g/mol. The molecule has 1 fully saturated rings. The molecule has 1 aliphatic heterocycles. The first-order valence-electron chi connectivity index (χ1n) is 8.99. The second-order valence-electron chi connectivity index (χ2n) is 6.17. The Labute approximate surface area is 189 Å². The third-order valence-corrected chi connectivity index (χ3v) is 5.40. The normalized spacial score (nSPS) is 15.9. The second-order valence-corrected chi connectivity index (χ2v) is 8.04. The van der Waals surface area contributed by atoms with E-state index in [2.05, 4.69) is 16.2 Å². The van der Waals surface area contributed by atoms with Crippen LogP contribution < -0.4 is 14.8 Å². The fourth-order valence-electron chi connectivity index (χ4n) is 2.63. The summed E-state index contributed by atoms with van der Waals surface area (Å²) in [6.45, 7) is 4.27. The van der Waals surface area contributed by atoms with Crippen LogP contribution in [0.5, 0.6) is 11.5 Å². The van der Waals surface area contributed by atoms with E-state index in [1.807, 2.05) is 19.9 Å². The first-order chi connectivity index (χ1) is 14.4. The lowest BCUT2D eigenvalue weighted by Crippen LogP contribution is -2.19. The molecule has 5 nitrogen and oxygen atoms in total. The molecule has 0 bridgehead atoms. The van der Waals surface area contributed by atoms with Crippen molar-refractivity contribution in [2.45, 2.75) is 13.8 Å². The maximum absolute atomic E-state index is 12.4. The fraction of sp³-hybridized carbons (Fsp3) is 0.182. The molecule has 8 heteroatoms. The van der Waals surface area contributed by atoms with Crippen LogP contribution in [0.4, 0.5) is 5.69 Å². The largest absolute Gasteiger partial charge is 0.490 e. The van der Waals surface area contributed by atoms with Gasteiger partial charge in [0.05, 0.1) is 22.2 Å². The average molecular weight is 461 g/mol.